The lowest BCUT2D eigenvalue weighted by atomic mass is 9.94. The molecule has 18 heavy (non-hydrogen) atoms. The summed E-state index contributed by atoms with van der Waals surface area (Å²) >= 11 is 1.68. The molecule has 0 radical (unpaired) electrons. The molecule has 98 valence electrons. The molecular formula is C14H20N2OS. The van der Waals surface area contributed by atoms with Gasteiger partial charge < -0.3 is 10.6 Å². The van der Waals surface area contributed by atoms with Crippen LogP contribution >= 0.6 is 11.8 Å². The van der Waals surface area contributed by atoms with Gasteiger partial charge in [-0.3, -0.25) is 4.79 Å². The maximum Gasteiger partial charge on any atom is 0.251 e. The van der Waals surface area contributed by atoms with Crippen LogP contribution in [0, 0.1) is 5.92 Å². The molecule has 1 heterocycles. The molecule has 2 N–H and O–H groups in total. The van der Waals surface area contributed by atoms with Crippen LogP contribution < -0.4 is 10.6 Å². The van der Waals surface area contributed by atoms with Crippen LogP contribution in [-0.2, 0) is 0 Å². The highest BCUT2D eigenvalue weighted by Crippen LogP contribution is 2.16. The normalized spacial score (nSPS) is 23.7. The van der Waals surface area contributed by atoms with Gasteiger partial charge in [-0.2, -0.15) is 0 Å². The smallest absolute Gasteiger partial charge is 0.251 e. The monoisotopic (exact) mass is 264 g/mol. The average molecular weight is 264 g/mol. The Morgan fingerprint density at radius 2 is 2.11 bits per heavy atom. The molecule has 2 atom stereocenters. The maximum absolute atomic E-state index is 12.1. The summed E-state index contributed by atoms with van der Waals surface area (Å²) in [6, 6.07) is 8.00. The van der Waals surface area contributed by atoms with Crippen molar-refractivity contribution < 1.29 is 4.79 Å². The molecule has 1 aliphatic heterocycles. The standard InChI is InChI=1S/C14H20N2OS/c1-10-7-8-15-9-13(10)16-14(17)11-3-5-12(18-2)6-4-11/h3-6,10,13,15H,7-9H2,1-2H3,(H,16,17). The lowest BCUT2D eigenvalue weighted by Crippen LogP contribution is -2.50. The lowest BCUT2D eigenvalue weighted by molar-refractivity contribution is 0.0915. The fourth-order valence-electron chi connectivity index (χ4n) is 2.18. The van der Waals surface area contributed by atoms with Crippen LogP contribution in [0.2, 0.25) is 0 Å². The largest absolute Gasteiger partial charge is 0.348 e. The zero-order valence-corrected chi connectivity index (χ0v) is 11.7. The fourth-order valence-corrected chi connectivity index (χ4v) is 2.59. The van der Waals surface area contributed by atoms with Gasteiger partial charge in [-0.1, -0.05) is 6.92 Å². The Morgan fingerprint density at radius 3 is 2.72 bits per heavy atom. The van der Waals surface area contributed by atoms with Crippen molar-refractivity contribution in [3.05, 3.63) is 29.8 Å². The van der Waals surface area contributed by atoms with E-state index in [1.165, 1.54) is 4.90 Å². The molecule has 1 aromatic carbocycles. The van der Waals surface area contributed by atoms with Gasteiger partial charge in [-0.15, -0.1) is 11.8 Å². The molecule has 1 fully saturated rings. The van der Waals surface area contributed by atoms with Gasteiger partial charge in [0.25, 0.3) is 5.91 Å². The first-order valence-electron chi connectivity index (χ1n) is 6.36. The molecule has 1 aromatic rings. The van der Waals surface area contributed by atoms with Gasteiger partial charge in [0.15, 0.2) is 0 Å². The molecule has 0 spiro atoms. The lowest BCUT2D eigenvalue weighted by Gasteiger charge is -2.30. The van der Waals surface area contributed by atoms with Crippen molar-refractivity contribution in [3.63, 3.8) is 0 Å². The predicted molar refractivity (Wildman–Crippen MR) is 76.1 cm³/mol. The predicted octanol–water partition coefficient (Wildman–Crippen LogP) is 2.14. The second-order valence-corrected chi connectivity index (χ2v) is 5.66. The summed E-state index contributed by atoms with van der Waals surface area (Å²) in [6.07, 6.45) is 3.15. The highest BCUT2D eigenvalue weighted by Gasteiger charge is 2.22. The second-order valence-electron chi connectivity index (χ2n) is 4.78. The summed E-state index contributed by atoms with van der Waals surface area (Å²) in [7, 11) is 0. The van der Waals surface area contributed by atoms with Gasteiger partial charge in [0, 0.05) is 23.0 Å². The van der Waals surface area contributed by atoms with Crippen molar-refractivity contribution in [2.24, 2.45) is 5.92 Å². The Morgan fingerprint density at radius 1 is 1.39 bits per heavy atom. The van der Waals surface area contributed by atoms with E-state index in [9.17, 15) is 4.79 Å². The van der Waals surface area contributed by atoms with Crippen molar-refractivity contribution in [3.8, 4) is 0 Å². The first kappa shape index (κ1) is 13.4. The van der Waals surface area contributed by atoms with E-state index >= 15 is 0 Å². The van der Waals surface area contributed by atoms with Crippen LogP contribution in [0.5, 0.6) is 0 Å². The second kappa shape index (κ2) is 6.25. The Balaban J connectivity index is 1.97. The highest BCUT2D eigenvalue weighted by molar-refractivity contribution is 7.98. The number of carbonyl (C=O) groups excluding carboxylic acids is 1. The number of thioether (sulfide) groups is 1. The average Bonchev–Trinajstić information content (AvgIpc) is 2.41. The number of hydrogen-bond acceptors (Lipinski definition) is 3. The minimum atomic E-state index is 0.0307. The maximum atomic E-state index is 12.1. The van der Waals surface area contributed by atoms with E-state index in [1.807, 2.05) is 30.5 Å². The molecule has 0 aliphatic carbocycles. The quantitative estimate of drug-likeness (QED) is 0.822. The molecule has 2 unspecified atom stereocenters. The third-order valence-corrected chi connectivity index (χ3v) is 4.24. The van der Waals surface area contributed by atoms with E-state index in [4.69, 9.17) is 0 Å². The van der Waals surface area contributed by atoms with Gasteiger partial charge in [-0.25, -0.2) is 0 Å². The number of nitrogens with one attached hydrogen (secondary N) is 2. The zero-order valence-electron chi connectivity index (χ0n) is 10.9. The summed E-state index contributed by atoms with van der Waals surface area (Å²) in [5, 5.41) is 6.44. The molecule has 1 saturated heterocycles. The summed E-state index contributed by atoms with van der Waals surface area (Å²) in [4.78, 5) is 13.3. The van der Waals surface area contributed by atoms with Crippen LogP contribution in [0.1, 0.15) is 23.7 Å². The summed E-state index contributed by atoms with van der Waals surface area (Å²) in [5.74, 6) is 0.573. The SMILES string of the molecule is CSc1ccc(C(=O)NC2CNCCC2C)cc1. The van der Waals surface area contributed by atoms with Gasteiger partial charge in [0.2, 0.25) is 0 Å². The van der Waals surface area contributed by atoms with Crippen molar-refractivity contribution in [2.75, 3.05) is 19.3 Å². The molecule has 0 aromatic heterocycles. The van der Waals surface area contributed by atoms with Crippen LogP contribution in [0.4, 0.5) is 0 Å². The number of piperidine rings is 1. The molecular weight excluding hydrogens is 244 g/mol. The van der Waals surface area contributed by atoms with Gasteiger partial charge in [0.05, 0.1) is 0 Å². The third kappa shape index (κ3) is 3.27. The third-order valence-electron chi connectivity index (χ3n) is 3.50. The van der Waals surface area contributed by atoms with Crippen LogP contribution in [0.15, 0.2) is 29.2 Å². The molecule has 3 nitrogen and oxygen atoms in total. The van der Waals surface area contributed by atoms with Crippen LogP contribution in [-0.4, -0.2) is 31.3 Å². The van der Waals surface area contributed by atoms with Gasteiger partial charge >= 0.3 is 0 Å². The van der Waals surface area contributed by atoms with Gasteiger partial charge in [0.1, 0.15) is 0 Å². The summed E-state index contributed by atoms with van der Waals surface area (Å²) in [6.45, 7) is 4.12. The number of hydrogen-bond donors (Lipinski definition) is 2. The first-order valence-corrected chi connectivity index (χ1v) is 7.59. The molecule has 0 bridgehead atoms. The molecule has 0 saturated carbocycles. The van der Waals surface area contributed by atoms with Crippen LogP contribution in [0.3, 0.4) is 0 Å². The van der Waals surface area contributed by atoms with E-state index in [-0.39, 0.29) is 11.9 Å². The van der Waals surface area contributed by atoms with Crippen molar-refractivity contribution >= 4 is 17.7 Å². The van der Waals surface area contributed by atoms with Crippen molar-refractivity contribution in [1.82, 2.24) is 10.6 Å². The Kier molecular flexibility index (Phi) is 4.66. The minimum absolute atomic E-state index is 0.0307. The van der Waals surface area contributed by atoms with E-state index in [0.29, 0.717) is 5.92 Å². The fraction of sp³-hybridized carbons (Fsp3) is 0.500. The topological polar surface area (TPSA) is 41.1 Å². The number of rotatable bonds is 3. The van der Waals surface area contributed by atoms with Crippen LogP contribution in [0.25, 0.3) is 0 Å². The molecule has 4 heteroatoms. The van der Waals surface area contributed by atoms with E-state index in [1.54, 1.807) is 11.8 Å². The highest BCUT2D eigenvalue weighted by atomic mass is 32.2. The number of benzene rings is 1. The molecule has 2 rings (SSSR count). The molecule has 1 amide bonds. The first-order chi connectivity index (χ1) is 8.70. The Bertz CT molecular complexity index is 405. The number of amides is 1. The van der Waals surface area contributed by atoms with Crippen molar-refractivity contribution in [1.29, 1.82) is 0 Å². The van der Waals surface area contributed by atoms with E-state index in [2.05, 4.69) is 17.6 Å². The summed E-state index contributed by atoms with van der Waals surface area (Å²) < 4.78 is 0. The molecule has 1 aliphatic rings. The minimum Gasteiger partial charge on any atom is -0.348 e. The van der Waals surface area contributed by atoms with Gasteiger partial charge in [-0.05, 0) is 49.4 Å². The Labute approximate surface area is 113 Å². The Hall–Kier alpha value is -1.00. The van der Waals surface area contributed by atoms with E-state index in [0.717, 1.165) is 25.1 Å². The van der Waals surface area contributed by atoms with E-state index < -0.39 is 0 Å². The zero-order chi connectivity index (χ0) is 13.0. The number of carbonyl (C=O) groups is 1. The van der Waals surface area contributed by atoms with Crippen molar-refractivity contribution in [2.45, 2.75) is 24.3 Å². The summed E-state index contributed by atoms with van der Waals surface area (Å²) in [5.41, 5.74) is 0.741.